The predicted molar refractivity (Wildman–Crippen MR) is 59.7 cm³/mol. The van der Waals surface area contributed by atoms with Crippen LogP contribution in [0.1, 0.15) is 16.1 Å². The summed E-state index contributed by atoms with van der Waals surface area (Å²) in [5.74, 6) is 5.01. The zero-order valence-corrected chi connectivity index (χ0v) is 9.58. The molecule has 0 spiro atoms. The number of nitrogens with two attached hydrogens (primary N) is 1. The molecule has 1 rings (SSSR count). The minimum atomic E-state index is -2.56. The summed E-state index contributed by atoms with van der Waals surface area (Å²) in [6.45, 7) is 1.08. The molecule has 0 aromatic carbocycles. The number of anilines is 1. The van der Waals surface area contributed by atoms with Crippen LogP contribution in [0.5, 0.6) is 0 Å². The number of hydrogen-bond donors (Lipinski definition) is 2. The fourth-order valence-electron chi connectivity index (χ4n) is 1.38. The lowest BCUT2D eigenvalue weighted by atomic mass is 10.2. The Morgan fingerprint density at radius 1 is 1.59 bits per heavy atom. The molecule has 1 aromatic heterocycles. The first-order valence-corrected chi connectivity index (χ1v) is 4.93. The molecule has 1 aromatic rings. The molecule has 0 saturated carbocycles. The molecule has 0 saturated heterocycles. The average Bonchev–Trinajstić information content (AvgIpc) is 2.26. The van der Waals surface area contributed by atoms with Crippen molar-refractivity contribution in [1.29, 1.82) is 0 Å². The van der Waals surface area contributed by atoms with Gasteiger partial charge in [0, 0.05) is 18.3 Å². The number of halogens is 2. The van der Waals surface area contributed by atoms with Gasteiger partial charge in [0.05, 0.1) is 6.54 Å². The number of alkyl halides is 2. The van der Waals surface area contributed by atoms with Gasteiger partial charge in [0.1, 0.15) is 5.82 Å². The van der Waals surface area contributed by atoms with Crippen LogP contribution in [0.3, 0.4) is 0 Å². The monoisotopic (exact) mass is 244 g/mol. The second-order valence-electron chi connectivity index (χ2n) is 3.60. The van der Waals surface area contributed by atoms with E-state index in [1.807, 2.05) is 0 Å². The molecule has 0 radical (unpaired) electrons. The Bertz CT molecular complexity index is 411. The third-order valence-corrected chi connectivity index (χ3v) is 2.11. The number of carbonyl (C=O) groups is 1. The summed E-state index contributed by atoms with van der Waals surface area (Å²) in [5, 5.41) is 0. The highest BCUT2D eigenvalue weighted by atomic mass is 19.3. The molecule has 0 bridgehead atoms. The van der Waals surface area contributed by atoms with Gasteiger partial charge in [0.15, 0.2) is 0 Å². The third-order valence-electron chi connectivity index (χ3n) is 2.11. The van der Waals surface area contributed by atoms with E-state index in [0.29, 0.717) is 11.5 Å². The molecule has 3 N–H and O–H groups in total. The normalized spacial score (nSPS) is 10.5. The fourth-order valence-corrected chi connectivity index (χ4v) is 1.38. The van der Waals surface area contributed by atoms with Crippen LogP contribution in [0, 0.1) is 6.92 Å². The molecule has 0 aliphatic carbocycles. The Kier molecular flexibility index (Phi) is 4.33. The Labute approximate surface area is 97.6 Å². The van der Waals surface area contributed by atoms with Gasteiger partial charge in [-0.05, 0) is 19.1 Å². The van der Waals surface area contributed by atoms with Crippen LogP contribution in [-0.4, -0.2) is 35.8 Å². The number of rotatable bonds is 4. The highest BCUT2D eigenvalue weighted by Crippen LogP contribution is 2.11. The van der Waals surface area contributed by atoms with E-state index in [0.717, 1.165) is 4.90 Å². The van der Waals surface area contributed by atoms with Crippen molar-refractivity contribution in [2.45, 2.75) is 13.3 Å². The molecule has 17 heavy (non-hydrogen) atoms. The minimum absolute atomic E-state index is 0.272. The first-order chi connectivity index (χ1) is 7.93. The van der Waals surface area contributed by atoms with E-state index in [2.05, 4.69) is 10.4 Å². The number of nitrogens with zero attached hydrogens (tertiary/aromatic N) is 2. The topological polar surface area (TPSA) is 71.2 Å². The zero-order valence-electron chi connectivity index (χ0n) is 9.58. The molecule has 94 valence electrons. The van der Waals surface area contributed by atoms with Crippen LogP contribution in [0.25, 0.3) is 0 Å². The molecule has 7 heteroatoms. The highest BCUT2D eigenvalue weighted by molar-refractivity contribution is 5.94. The summed E-state index contributed by atoms with van der Waals surface area (Å²) in [4.78, 5) is 16.8. The van der Waals surface area contributed by atoms with E-state index in [9.17, 15) is 13.6 Å². The van der Waals surface area contributed by atoms with Gasteiger partial charge in [-0.2, -0.15) is 0 Å². The molecule has 0 unspecified atom stereocenters. The van der Waals surface area contributed by atoms with Crippen molar-refractivity contribution in [3.8, 4) is 0 Å². The molecule has 1 heterocycles. The van der Waals surface area contributed by atoms with Crippen molar-refractivity contribution in [2.75, 3.05) is 19.0 Å². The lowest BCUT2D eigenvalue weighted by molar-refractivity contribution is 0.0620. The van der Waals surface area contributed by atoms with Crippen molar-refractivity contribution >= 4 is 11.7 Å². The molecule has 0 fully saturated rings. The second-order valence-corrected chi connectivity index (χ2v) is 3.60. The maximum absolute atomic E-state index is 12.1. The summed E-state index contributed by atoms with van der Waals surface area (Å²) in [5.41, 5.74) is 3.16. The van der Waals surface area contributed by atoms with Crippen molar-refractivity contribution in [3.05, 3.63) is 23.4 Å². The van der Waals surface area contributed by atoms with E-state index < -0.39 is 18.9 Å². The van der Waals surface area contributed by atoms with Crippen molar-refractivity contribution in [3.63, 3.8) is 0 Å². The van der Waals surface area contributed by atoms with E-state index in [-0.39, 0.29) is 5.56 Å². The molecule has 0 aliphatic rings. The number of hydrogen-bond acceptors (Lipinski definition) is 4. The lowest BCUT2D eigenvalue weighted by Gasteiger charge is -2.17. The number of hydrazine groups is 1. The van der Waals surface area contributed by atoms with Gasteiger partial charge in [0.2, 0.25) is 0 Å². The summed E-state index contributed by atoms with van der Waals surface area (Å²) >= 11 is 0. The van der Waals surface area contributed by atoms with Gasteiger partial charge in [-0.3, -0.25) is 4.79 Å². The number of nitrogens with one attached hydrogen (secondary N) is 1. The molecule has 5 nitrogen and oxygen atoms in total. The quantitative estimate of drug-likeness (QED) is 0.612. The lowest BCUT2D eigenvalue weighted by Crippen LogP contribution is -2.31. The van der Waals surface area contributed by atoms with Crippen LogP contribution in [0.15, 0.2) is 12.1 Å². The zero-order chi connectivity index (χ0) is 13.0. The van der Waals surface area contributed by atoms with Crippen LogP contribution >= 0.6 is 0 Å². The van der Waals surface area contributed by atoms with Crippen LogP contribution in [-0.2, 0) is 0 Å². The van der Waals surface area contributed by atoms with Crippen LogP contribution < -0.4 is 11.3 Å². The van der Waals surface area contributed by atoms with Crippen LogP contribution in [0.2, 0.25) is 0 Å². The van der Waals surface area contributed by atoms with Gasteiger partial charge in [-0.15, -0.1) is 0 Å². The first kappa shape index (κ1) is 13.3. The van der Waals surface area contributed by atoms with E-state index in [1.165, 1.54) is 19.2 Å². The molecular weight excluding hydrogens is 230 g/mol. The fraction of sp³-hybridized carbons (Fsp3) is 0.400. The number of aromatic nitrogens is 1. The molecular formula is C10H14F2N4O. The van der Waals surface area contributed by atoms with Crippen molar-refractivity contribution in [1.82, 2.24) is 9.88 Å². The number of pyridine rings is 1. The highest BCUT2D eigenvalue weighted by Gasteiger charge is 2.16. The smallest absolute Gasteiger partial charge is 0.255 e. The van der Waals surface area contributed by atoms with Crippen molar-refractivity contribution < 1.29 is 13.6 Å². The van der Waals surface area contributed by atoms with Gasteiger partial charge < -0.3 is 10.3 Å². The summed E-state index contributed by atoms with van der Waals surface area (Å²) in [6.07, 6.45) is -2.56. The number of aryl methyl sites for hydroxylation is 1. The predicted octanol–water partition coefficient (Wildman–Crippen LogP) is 1.01. The summed E-state index contributed by atoms with van der Waals surface area (Å²) in [6, 6.07) is 2.93. The van der Waals surface area contributed by atoms with Crippen molar-refractivity contribution in [2.24, 2.45) is 5.84 Å². The van der Waals surface area contributed by atoms with Gasteiger partial charge in [-0.25, -0.2) is 19.6 Å². The third kappa shape index (κ3) is 3.63. The number of amides is 1. The Morgan fingerprint density at radius 2 is 2.24 bits per heavy atom. The van der Waals surface area contributed by atoms with E-state index in [1.54, 1.807) is 6.92 Å². The number of nitrogen functional groups attached to an aromatic ring is 1. The summed E-state index contributed by atoms with van der Waals surface area (Å²) in [7, 11) is 1.32. The van der Waals surface area contributed by atoms with Crippen LogP contribution in [0.4, 0.5) is 14.6 Å². The maximum atomic E-state index is 12.1. The Hall–Kier alpha value is -1.76. The molecule has 0 atom stereocenters. The molecule has 0 aliphatic heterocycles. The largest absolute Gasteiger partial charge is 0.336 e. The Balaban J connectivity index is 2.91. The van der Waals surface area contributed by atoms with E-state index in [4.69, 9.17) is 5.84 Å². The first-order valence-electron chi connectivity index (χ1n) is 4.93. The van der Waals surface area contributed by atoms with Gasteiger partial charge in [-0.1, -0.05) is 0 Å². The standard InChI is InChI=1S/C10H14F2N4O/c1-6-3-7(4-9(14-6)15-13)10(17)16(2)5-8(11)12/h3-4,8H,5,13H2,1-2H3,(H,14,15). The summed E-state index contributed by atoms with van der Waals surface area (Å²) < 4.78 is 24.3. The molecule has 1 amide bonds. The van der Waals surface area contributed by atoms with Gasteiger partial charge in [0.25, 0.3) is 12.3 Å². The maximum Gasteiger partial charge on any atom is 0.255 e. The van der Waals surface area contributed by atoms with E-state index >= 15 is 0 Å². The SMILES string of the molecule is Cc1cc(C(=O)N(C)CC(F)F)cc(NN)n1. The Morgan fingerprint density at radius 3 is 2.76 bits per heavy atom. The second kappa shape index (κ2) is 5.53. The average molecular weight is 244 g/mol. The minimum Gasteiger partial charge on any atom is -0.336 e. The number of carbonyl (C=O) groups excluding carboxylic acids is 1. The van der Waals surface area contributed by atoms with Gasteiger partial charge >= 0.3 is 0 Å².